The van der Waals surface area contributed by atoms with Crippen LogP contribution in [0.25, 0.3) is 11.3 Å². The van der Waals surface area contributed by atoms with E-state index in [9.17, 15) is 9.18 Å². The van der Waals surface area contributed by atoms with Crippen molar-refractivity contribution in [2.45, 2.75) is 18.9 Å². The molecule has 0 fully saturated rings. The highest BCUT2D eigenvalue weighted by atomic mass is 19.1. The topological polar surface area (TPSA) is 77.7 Å². The Morgan fingerprint density at radius 1 is 1.17 bits per heavy atom. The van der Waals surface area contributed by atoms with E-state index in [-0.39, 0.29) is 11.7 Å². The maximum absolute atomic E-state index is 13.2. The van der Waals surface area contributed by atoms with Crippen LogP contribution in [0.2, 0.25) is 0 Å². The molecule has 0 aliphatic carbocycles. The molecule has 0 bridgehead atoms. The summed E-state index contributed by atoms with van der Waals surface area (Å²) < 4.78 is 20.1. The van der Waals surface area contributed by atoms with Crippen LogP contribution < -0.4 is 10.1 Å². The van der Waals surface area contributed by atoms with E-state index in [1.54, 1.807) is 44.0 Å². The summed E-state index contributed by atoms with van der Waals surface area (Å²) in [4.78, 5) is 22.7. The fraction of sp³-hybridized carbons (Fsp3) is 0.227. The molecule has 1 atom stereocenters. The van der Waals surface area contributed by atoms with Gasteiger partial charge in [-0.1, -0.05) is 5.16 Å². The Bertz CT molecular complexity index is 1110. The van der Waals surface area contributed by atoms with Crippen LogP contribution in [-0.4, -0.2) is 33.9 Å². The van der Waals surface area contributed by atoms with Gasteiger partial charge < -0.3 is 14.1 Å². The standard InChI is InChI=1S/C22H21FN4O3/c1-22(12-18(26-30-22)14-6-10-17(29-3)11-7-14)20(28)25-21-24-13-19(27(21)2)15-4-8-16(23)9-5-15/h4-11,13H,12H2,1-3H3,(H,24,25,28). The van der Waals surface area contributed by atoms with E-state index >= 15 is 0 Å². The summed E-state index contributed by atoms with van der Waals surface area (Å²) in [5, 5.41) is 6.92. The van der Waals surface area contributed by atoms with Crippen LogP contribution in [0.4, 0.5) is 10.3 Å². The molecule has 30 heavy (non-hydrogen) atoms. The zero-order valence-corrected chi connectivity index (χ0v) is 16.8. The smallest absolute Gasteiger partial charge is 0.273 e. The van der Waals surface area contributed by atoms with Crippen LogP contribution in [0, 0.1) is 5.82 Å². The molecule has 3 aromatic rings. The van der Waals surface area contributed by atoms with Crippen molar-refractivity contribution >= 4 is 17.6 Å². The minimum absolute atomic E-state index is 0.312. The molecule has 0 saturated heterocycles. The van der Waals surface area contributed by atoms with Gasteiger partial charge in [-0.05, 0) is 61.0 Å². The SMILES string of the molecule is COc1ccc(C2=NOC(C)(C(=O)Nc3ncc(-c4ccc(F)cc4)n3C)C2)cc1. The van der Waals surface area contributed by atoms with Crippen LogP contribution >= 0.6 is 0 Å². The van der Waals surface area contributed by atoms with Crippen molar-refractivity contribution in [2.75, 3.05) is 12.4 Å². The molecule has 4 rings (SSSR count). The first kappa shape index (κ1) is 19.6. The van der Waals surface area contributed by atoms with Crippen LogP contribution in [0.15, 0.2) is 59.9 Å². The van der Waals surface area contributed by atoms with Gasteiger partial charge in [0.1, 0.15) is 11.6 Å². The second kappa shape index (κ2) is 7.62. The average Bonchev–Trinajstić information content (AvgIpc) is 3.33. The highest BCUT2D eigenvalue weighted by molar-refractivity contribution is 6.07. The third-order valence-corrected chi connectivity index (χ3v) is 5.12. The normalized spacial score (nSPS) is 17.9. The molecule has 1 aromatic heterocycles. The first-order valence-electron chi connectivity index (χ1n) is 9.38. The van der Waals surface area contributed by atoms with Crippen molar-refractivity contribution in [2.24, 2.45) is 12.2 Å². The van der Waals surface area contributed by atoms with Gasteiger partial charge in [0, 0.05) is 19.0 Å². The van der Waals surface area contributed by atoms with Crippen molar-refractivity contribution < 1.29 is 18.8 Å². The number of carbonyl (C=O) groups is 1. The first-order chi connectivity index (χ1) is 14.4. The largest absolute Gasteiger partial charge is 0.497 e. The number of carbonyl (C=O) groups excluding carboxylic acids is 1. The molecule has 7 nitrogen and oxygen atoms in total. The highest BCUT2D eigenvalue weighted by Crippen LogP contribution is 2.29. The Labute approximate surface area is 173 Å². The third kappa shape index (κ3) is 3.63. The molecule has 0 spiro atoms. The Hall–Kier alpha value is -3.68. The van der Waals surface area contributed by atoms with Crippen LogP contribution in [0.5, 0.6) is 5.75 Å². The first-order valence-corrected chi connectivity index (χ1v) is 9.38. The summed E-state index contributed by atoms with van der Waals surface area (Å²) in [7, 11) is 3.38. The number of ether oxygens (including phenoxy) is 1. The number of oxime groups is 1. The molecule has 1 aliphatic rings. The minimum atomic E-state index is -1.16. The van der Waals surface area contributed by atoms with Gasteiger partial charge in [0.25, 0.3) is 5.91 Å². The summed E-state index contributed by atoms with van der Waals surface area (Å²) in [5.41, 5.74) is 1.93. The Balaban J connectivity index is 1.47. The van der Waals surface area contributed by atoms with Crippen LogP contribution in [0.1, 0.15) is 18.9 Å². The predicted octanol–water partition coefficient (Wildman–Crippen LogP) is 3.76. The quantitative estimate of drug-likeness (QED) is 0.697. The number of aromatic nitrogens is 2. The van der Waals surface area contributed by atoms with E-state index in [1.807, 2.05) is 24.3 Å². The van der Waals surface area contributed by atoms with E-state index in [4.69, 9.17) is 9.57 Å². The molecule has 1 unspecified atom stereocenters. The maximum Gasteiger partial charge on any atom is 0.273 e. The van der Waals surface area contributed by atoms with Crippen molar-refractivity contribution in [3.8, 4) is 17.0 Å². The Kier molecular flexibility index (Phi) is 4.99. The summed E-state index contributed by atoms with van der Waals surface area (Å²) in [6.45, 7) is 1.69. The number of amides is 1. The minimum Gasteiger partial charge on any atom is -0.497 e. The van der Waals surface area contributed by atoms with Gasteiger partial charge in [-0.25, -0.2) is 9.37 Å². The molecule has 2 heterocycles. The highest BCUT2D eigenvalue weighted by Gasteiger charge is 2.42. The average molecular weight is 408 g/mol. The monoisotopic (exact) mass is 408 g/mol. The predicted molar refractivity (Wildman–Crippen MR) is 111 cm³/mol. The van der Waals surface area contributed by atoms with Gasteiger partial charge in [-0.2, -0.15) is 0 Å². The molecule has 154 valence electrons. The van der Waals surface area contributed by atoms with Crippen LogP contribution in [0.3, 0.4) is 0 Å². The van der Waals surface area contributed by atoms with E-state index in [2.05, 4.69) is 15.5 Å². The third-order valence-electron chi connectivity index (χ3n) is 5.12. The van der Waals surface area contributed by atoms with E-state index in [0.717, 1.165) is 22.6 Å². The number of imidazole rings is 1. The maximum atomic E-state index is 13.2. The molecule has 1 N–H and O–H groups in total. The van der Waals surface area contributed by atoms with E-state index in [1.165, 1.54) is 12.1 Å². The van der Waals surface area contributed by atoms with Gasteiger partial charge in [0.05, 0.1) is 24.7 Å². The molecular weight excluding hydrogens is 387 g/mol. The van der Waals surface area contributed by atoms with Crippen molar-refractivity contribution in [3.63, 3.8) is 0 Å². The van der Waals surface area contributed by atoms with Gasteiger partial charge in [0.2, 0.25) is 11.5 Å². The molecule has 0 radical (unpaired) electrons. The number of rotatable bonds is 5. The zero-order chi connectivity index (χ0) is 21.3. The summed E-state index contributed by atoms with van der Waals surface area (Å²) >= 11 is 0. The molecule has 1 aliphatic heterocycles. The fourth-order valence-corrected chi connectivity index (χ4v) is 3.25. The zero-order valence-electron chi connectivity index (χ0n) is 16.8. The summed E-state index contributed by atoms with van der Waals surface area (Å²) in [5.74, 6) is 0.440. The van der Waals surface area contributed by atoms with Gasteiger partial charge in [-0.15, -0.1) is 0 Å². The Morgan fingerprint density at radius 2 is 1.83 bits per heavy atom. The summed E-state index contributed by atoms with van der Waals surface area (Å²) in [6.07, 6.45) is 1.94. The molecule has 2 aromatic carbocycles. The lowest BCUT2D eigenvalue weighted by molar-refractivity contribution is -0.136. The number of anilines is 1. The van der Waals surface area contributed by atoms with E-state index in [0.29, 0.717) is 18.1 Å². The fourth-order valence-electron chi connectivity index (χ4n) is 3.25. The molecule has 0 saturated carbocycles. The number of nitrogens with zero attached hydrogens (tertiary/aromatic N) is 3. The second-order valence-corrected chi connectivity index (χ2v) is 7.25. The summed E-state index contributed by atoms with van der Waals surface area (Å²) in [6, 6.07) is 13.5. The molecule has 8 heteroatoms. The lowest BCUT2D eigenvalue weighted by atomic mass is 9.95. The lowest BCUT2D eigenvalue weighted by Gasteiger charge is -2.20. The van der Waals surface area contributed by atoms with Crippen molar-refractivity contribution in [1.82, 2.24) is 9.55 Å². The number of methoxy groups -OCH3 is 1. The van der Waals surface area contributed by atoms with E-state index < -0.39 is 5.60 Å². The van der Waals surface area contributed by atoms with Gasteiger partial charge >= 0.3 is 0 Å². The molecule has 1 amide bonds. The Morgan fingerprint density at radius 3 is 2.50 bits per heavy atom. The lowest BCUT2D eigenvalue weighted by Crippen LogP contribution is -2.40. The van der Waals surface area contributed by atoms with Crippen LogP contribution in [-0.2, 0) is 16.7 Å². The number of nitrogens with one attached hydrogen (secondary N) is 1. The van der Waals surface area contributed by atoms with Gasteiger partial charge in [-0.3, -0.25) is 10.1 Å². The number of benzene rings is 2. The van der Waals surface area contributed by atoms with Crippen molar-refractivity contribution in [3.05, 3.63) is 66.1 Å². The van der Waals surface area contributed by atoms with Gasteiger partial charge in [0.15, 0.2) is 0 Å². The van der Waals surface area contributed by atoms with Crippen molar-refractivity contribution in [1.29, 1.82) is 0 Å². The number of hydrogen-bond donors (Lipinski definition) is 1. The number of hydrogen-bond acceptors (Lipinski definition) is 5. The number of halogens is 1. The second-order valence-electron chi connectivity index (χ2n) is 7.25. The molecular formula is C22H21FN4O3.